The number of nitrogens with one attached hydrogen (secondary N) is 2. The highest BCUT2D eigenvalue weighted by Gasteiger charge is 2.01. The van der Waals surface area contributed by atoms with Crippen LogP contribution in [0.2, 0.25) is 5.02 Å². The van der Waals surface area contributed by atoms with Gasteiger partial charge in [0.15, 0.2) is 0 Å². The van der Waals surface area contributed by atoms with Crippen molar-refractivity contribution < 1.29 is 10.0 Å². The summed E-state index contributed by atoms with van der Waals surface area (Å²) in [6.07, 6.45) is 0.941. The van der Waals surface area contributed by atoms with E-state index in [-0.39, 0.29) is 0 Å². The smallest absolute Gasteiger partial charge is 0.306 e. The molecule has 2 amide bonds. The summed E-state index contributed by atoms with van der Waals surface area (Å²) in [6.45, 7) is 0. The first-order chi connectivity index (χ1) is 10.2. The molecule has 0 aliphatic heterocycles. The van der Waals surface area contributed by atoms with Crippen molar-refractivity contribution in [2.24, 2.45) is 0 Å². The molecule has 0 spiro atoms. The van der Waals surface area contributed by atoms with Crippen LogP contribution >= 0.6 is 23.4 Å². The zero-order valence-corrected chi connectivity index (χ0v) is 12.7. The number of halogens is 1. The second kappa shape index (κ2) is 7.93. The number of aryl methyl sites for hydroxylation is 1. The Hall–Kier alpha value is -1.69. The quantitative estimate of drug-likeness (QED) is 0.439. The van der Waals surface area contributed by atoms with Gasteiger partial charge in [0.05, 0.1) is 0 Å². The van der Waals surface area contributed by atoms with Gasteiger partial charge in [0, 0.05) is 21.4 Å². The number of urea groups is 1. The van der Waals surface area contributed by atoms with Crippen LogP contribution in [0.25, 0.3) is 0 Å². The molecule has 0 unspecified atom stereocenters. The van der Waals surface area contributed by atoms with E-state index in [0.29, 0.717) is 5.69 Å². The second-order valence-electron chi connectivity index (χ2n) is 4.32. The lowest BCUT2D eigenvalue weighted by Gasteiger charge is -2.06. The van der Waals surface area contributed by atoms with Gasteiger partial charge in [-0.2, -0.15) is 0 Å². The average Bonchev–Trinajstić information content (AvgIpc) is 2.49. The van der Waals surface area contributed by atoms with Crippen LogP contribution in [0.15, 0.2) is 53.4 Å². The minimum atomic E-state index is -0.654. The maximum Gasteiger partial charge on any atom is 0.342 e. The largest absolute Gasteiger partial charge is 0.342 e. The molecule has 0 aromatic heterocycles. The fraction of sp³-hybridized carbons (Fsp3) is 0.133. The Kier molecular flexibility index (Phi) is 5.92. The zero-order chi connectivity index (χ0) is 15.1. The molecule has 0 saturated carbocycles. The lowest BCUT2D eigenvalue weighted by molar-refractivity contribution is 0.172. The van der Waals surface area contributed by atoms with Gasteiger partial charge in [-0.15, -0.1) is 11.8 Å². The fourth-order valence-electron chi connectivity index (χ4n) is 1.76. The van der Waals surface area contributed by atoms with Crippen molar-refractivity contribution in [1.29, 1.82) is 0 Å². The highest BCUT2D eigenvalue weighted by Crippen LogP contribution is 2.23. The molecule has 0 bridgehead atoms. The summed E-state index contributed by atoms with van der Waals surface area (Å²) in [5, 5.41) is 11.7. The number of carbonyl (C=O) groups excluding carboxylic acids is 1. The molecule has 0 radical (unpaired) electrons. The van der Waals surface area contributed by atoms with Crippen LogP contribution in [0.3, 0.4) is 0 Å². The van der Waals surface area contributed by atoms with Gasteiger partial charge in [-0.1, -0.05) is 29.8 Å². The van der Waals surface area contributed by atoms with Crippen LogP contribution in [0.1, 0.15) is 5.56 Å². The SMILES string of the molecule is O=C(NO)Nc1cccc(SCCc2ccc(Cl)cc2)c1. The number of rotatable bonds is 5. The molecule has 21 heavy (non-hydrogen) atoms. The van der Waals surface area contributed by atoms with Crippen LogP contribution in [0.5, 0.6) is 0 Å². The minimum Gasteiger partial charge on any atom is -0.306 e. The zero-order valence-electron chi connectivity index (χ0n) is 11.2. The molecule has 0 aliphatic carbocycles. The molecule has 0 heterocycles. The lowest BCUT2D eigenvalue weighted by atomic mass is 10.2. The number of hydroxylamine groups is 1. The van der Waals surface area contributed by atoms with E-state index in [1.165, 1.54) is 11.0 Å². The third kappa shape index (κ3) is 5.30. The third-order valence-electron chi connectivity index (χ3n) is 2.77. The lowest BCUT2D eigenvalue weighted by Crippen LogP contribution is -2.24. The monoisotopic (exact) mass is 322 g/mol. The van der Waals surface area contributed by atoms with Crippen molar-refractivity contribution >= 4 is 35.1 Å². The Morgan fingerprint density at radius 2 is 1.95 bits per heavy atom. The summed E-state index contributed by atoms with van der Waals surface area (Å²) in [5.41, 5.74) is 3.41. The predicted octanol–water partition coefficient (Wildman–Crippen LogP) is 4.19. The first-order valence-electron chi connectivity index (χ1n) is 6.36. The Labute approximate surface area is 132 Å². The van der Waals surface area contributed by atoms with Crippen molar-refractivity contribution in [3.63, 3.8) is 0 Å². The van der Waals surface area contributed by atoms with Gasteiger partial charge < -0.3 is 5.32 Å². The van der Waals surface area contributed by atoms with Gasteiger partial charge in [0.2, 0.25) is 0 Å². The van der Waals surface area contributed by atoms with Gasteiger partial charge in [-0.25, -0.2) is 10.3 Å². The summed E-state index contributed by atoms with van der Waals surface area (Å²) in [7, 11) is 0. The van der Waals surface area contributed by atoms with Crippen molar-refractivity contribution in [2.45, 2.75) is 11.3 Å². The molecule has 2 aromatic carbocycles. The number of thioether (sulfide) groups is 1. The molecule has 0 fully saturated rings. The van der Waals surface area contributed by atoms with E-state index >= 15 is 0 Å². The summed E-state index contributed by atoms with van der Waals surface area (Å²) >= 11 is 7.55. The highest BCUT2D eigenvalue weighted by molar-refractivity contribution is 7.99. The van der Waals surface area contributed by atoms with Crippen LogP contribution in [0.4, 0.5) is 10.5 Å². The van der Waals surface area contributed by atoms with Crippen LogP contribution < -0.4 is 10.8 Å². The van der Waals surface area contributed by atoms with Gasteiger partial charge in [0.25, 0.3) is 0 Å². The highest BCUT2D eigenvalue weighted by atomic mass is 35.5. The van der Waals surface area contributed by atoms with Crippen LogP contribution in [-0.2, 0) is 6.42 Å². The molecule has 2 aromatic rings. The molecule has 6 heteroatoms. The van der Waals surface area contributed by atoms with E-state index in [0.717, 1.165) is 22.1 Å². The van der Waals surface area contributed by atoms with E-state index in [9.17, 15) is 4.79 Å². The minimum absolute atomic E-state index is 0.637. The molecule has 2 rings (SSSR count). The summed E-state index contributed by atoms with van der Waals surface area (Å²) in [4.78, 5) is 12.1. The van der Waals surface area contributed by atoms with E-state index in [2.05, 4.69) is 5.32 Å². The summed E-state index contributed by atoms with van der Waals surface area (Å²) in [5.74, 6) is 0.928. The number of carbonyl (C=O) groups is 1. The van der Waals surface area contributed by atoms with Gasteiger partial charge in [-0.05, 0) is 42.3 Å². The van der Waals surface area contributed by atoms with Crippen molar-refractivity contribution in [2.75, 3.05) is 11.1 Å². The second-order valence-corrected chi connectivity index (χ2v) is 5.92. The average molecular weight is 323 g/mol. The Morgan fingerprint density at radius 3 is 2.67 bits per heavy atom. The van der Waals surface area contributed by atoms with Crippen molar-refractivity contribution in [3.8, 4) is 0 Å². The Bertz CT molecular complexity index is 605. The topological polar surface area (TPSA) is 61.4 Å². The molecule has 0 atom stereocenters. The molecule has 0 saturated heterocycles. The first-order valence-corrected chi connectivity index (χ1v) is 7.72. The Morgan fingerprint density at radius 1 is 1.19 bits per heavy atom. The third-order valence-corrected chi connectivity index (χ3v) is 4.01. The number of hydrogen-bond donors (Lipinski definition) is 3. The number of anilines is 1. The van der Waals surface area contributed by atoms with Gasteiger partial charge in [-0.3, -0.25) is 5.21 Å². The number of benzene rings is 2. The summed E-state index contributed by atoms with van der Waals surface area (Å²) in [6, 6.07) is 14.6. The normalized spacial score (nSPS) is 10.2. The van der Waals surface area contributed by atoms with Crippen LogP contribution in [0, 0.1) is 0 Å². The van der Waals surface area contributed by atoms with E-state index in [4.69, 9.17) is 16.8 Å². The van der Waals surface area contributed by atoms with Crippen molar-refractivity contribution in [3.05, 3.63) is 59.1 Å². The molecular weight excluding hydrogens is 308 g/mol. The predicted molar refractivity (Wildman–Crippen MR) is 86.3 cm³/mol. The van der Waals surface area contributed by atoms with Gasteiger partial charge in [0.1, 0.15) is 0 Å². The maximum absolute atomic E-state index is 11.0. The molecule has 110 valence electrons. The van der Waals surface area contributed by atoms with E-state index in [1.54, 1.807) is 17.8 Å². The Balaban J connectivity index is 1.86. The number of amides is 2. The van der Waals surface area contributed by atoms with Crippen LogP contribution in [-0.4, -0.2) is 17.0 Å². The molecular formula is C15H15ClN2O2S. The van der Waals surface area contributed by atoms with Gasteiger partial charge >= 0.3 is 6.03 Å². The molecule has 3 N–H and O–H groups in total. The van der Waals surface area contributed by atoms with E-state index in [1.807, 2.05) is 42.5 Å². The van der Waals surface area contributed by atoms with Crippen molar-refractivity contribution in [1.82, 2.24) is 5.48 Å². The first kappa shape index (κ1) is 15.7. The molecule has 0 aliphatic rings. The maximum atomic E-state index is 11.0. The van der Waals surface area contributed by atoms with E-state index < -0.39 is 6.03 Å². The fourth-order valence-corrected chi connectivity index (χ4v) is 2.85. The summed E-state index contributed by atoms with van der Waals surface area (Å²) < 4.78 is 0. The number of hydrogen-bond acceptors (Lipinski definition) is 3. The standard InChI is InChI=1S/C15H15ClN2O2S/c16-12-6-4-11(5-7-12)8-9-21-14-3-1-2-13(10-14)17-15(19)18-20/h1-7,10,20H,8-9H2,(H2,17,18,19). The molecule has 4 nitrogen and oxygen atoms in total.